The van der Waals surface area contributed by atoms with Crippen molar-refractivity contribution in [2.45, 2.75) is 65.3 Å². The Morgan fingerprint density at radius 1 is 1.14 bits per heavy atom. The van der Waals surface area contributed by atoms with E-state index >= 15 is 0 Å². The summed E-state index contributed by atoms with van der Waals surface area (Å²) in [6, 6.07) is 7.40. The minimum Gasteiger partial charge on any atom is -0.344 e. The highest BCUT2D eigenvalue weighted by atomic mass is 35.5. The standard InChI is InChI=1S/C28H38ClN3O3/c1-6-7-8-24(33)31-15-13-21(17-31)26(34)30-25(19(2)3)27(35)32-16-14-23(28(4,5)18-32)20-9-11-22(29)12-10-20/h1,9-12,19,21,23,25H,7-8,13-18H2,2-5H3,(H,30,34)/t21-,23-,25-/m1/s1. The number of nitrogens with zero attached hydrogens (tertiary/aromatic N) is 2. The molecule has 0 radical (unpaired) electrons. The second-order valence-corrected chi connectivity index (χ2v) is 11.3. The highest BCUT2D eigenvalue weighted by molar-refractivity contribution is 6.30. The molecule has 0 saturated carbocycles. The quantitative estimate of drug-likeness (QED) is 0.574. The minimum atomic E-state index is -0.587. The Hall–Kier alpha value is -2.52. The van der Waals surface area contributed by atoms with Gasteiger partial charge in [0.05, 0.1) is 5.92 Å². The molecule has 7 heteroatoms. The number of carbonyl (C=O) groups is 3. The summed E-state index contributed by atoms with van der Waals surface area (Å²) in [7, 11) is 0. The van der Waals surface area contributed by atoms with Gasteiger partial charge in [-0.15, -0.1) is 12.3 Å². The van der Waals surface area contributed by atoms with E-state index in [0.29, 0.717) is 51.4 Å². The van der Waals surface area contributed by atoms with Gasteiger partial charge < -0.3 is 15.1 Å². The summed E-state index contributed by atoms with van der Waals surface area (Å²) >= 11 is 6.07. The van der Waals surface area contributed by atoms with Crippen LogP contribution in [0.1, 0.15) is 64.9 Å². The van der Waals surface area contributed by atoms with Crippen molar-refractivity contribution >= 4 is 29.3 Å². The van der Waals surface area contributed by atoms with E-state index in [4.69, 9.17) is 18.0 Å². The summed E-state index contributed by atoms with van der Waals surface area (Å²) in [5, 5.41) is 3.74. The highest BCUT2D eigenvalue weighted by Gasteiger charge is 2.41. The Morgan fingerprint density at radius 2 is 1.80 bits per heavy atom. The Bertz CT molecular complexity index is 967. The van der Waals surface area contributed by atoms with Gasteiger partial charge in [0.1, 0.15) is 6.04 Å². The lowest BCUT2D eigenvalue weighted by molar-refractivity contribution is -0.141. The molecular weight excluding hydrogens is 462 g/mol. The minimum absolute atomic E-state index is 0.0134. The molecule has 1 aromatic carbocycles. The molecule has 6 nitrogen and oxygen atoms in total. The SMILES string of the molecule is C#CCCC(=O)N1CC[C@@H](C(=O)N[C@@H](C(=O)N2CC[C@H](c3ccc(Cl)cc3)C(C)(C)C2)C(C)C)C1. The molecule has 190 valence electrons. The summed E-state index contributed by atoms with van der Waals surface area (Å²) in [6.07, 6.45) is 7.43. The van der Waals surface area contributed by atoms with Gasteiger partial charge in [-0.25, -0.2) is 0 Å². The molecule has 2 saturated heterocycles. The molecule has 0 aromatic heterocycles. The number of halogens is 1. The van der Waals surface area contributed by atoms with Crippen molar-refractivity contribution in [2.24, 2.45) is 17.3 Å². The van der Waals surface area contributed by atoms with Crippen molar-refractivity contribution in [3.63, 3.8) is 0 Å². The van der Waals surface area contributed by atoms with Crippen LogP contribution in [-0.4, -0.2) is 59.7 Å². The zero-order valence-corrected chi connectivity index (χ0v) is 22.1. The molecule has 2 fully saturated rings. The Morgan fingerprint density at radius 3 is 2.40 bits per heavy atom. The number of amides is 3. The molecule has 2 heterocycles. The number of piperidine rings is 1. The largest absolute Gasteiger partial charge is 0.344 e. The summed E-state index contributed by atoms with van der Waals surface area (Å²) in [5.74, 6) is 2.27. The van der Waals surface area contributed by atoms with E-state index in [9.17, 15) is 14.4 Å². The van der Waals surface area contributed by atoms with Gasteiger partial charge in [0.2, 0.25) is 17.7 Å². The fourth-order valence-electron chi connectivity index (χ4n) is 5.38. The van der Waals surface area contributed by atoms with Crippen LogP contribution in [0.15, 0.2) is 24.3 Å². The maximum atomic E-state index is 13.6. The maximum Gasteiger partial charge on any atom is 0.245 e. The van der Waals surface area contributed by atoms with Crippen LogP contribution < -0.4 is 5.32 Å². The van der Waals surface area contributed by atoms with Gasteiger partial charge in [0.15, 0.2) is 0 Å². The van der Waals surface area contributed by atoms with E-state index in [1.165, 1.54) is 5.56 Å². The number of rotatable bonds is 7. The van der Waals surface area contributed by atoms with Gasteiger partial charge in [-0.1, -0.05) is 51.4 Å². The zero-order valence-electron chi connectivity index (χ0n) is 21.4. The Balaban J connectivity index is 1.62. The maximum absolute atomic E-state index is 13.6. The fraction of sp³-hybridized carbons (Fsp3) is 0.607. The molecule has 0 unspecified atom stereocenters. The Labute approximate surface area is 214 Å². The van der Waals surface area contributed by atoms with Crippen molar-refractivity contribution in [1.29, 1.82) is 0 Å². The summed E-state index contributed by atoms with van der Waals surface area (Å²) in [6.45, 7) is 10.5. The van der Waals surface area contributed by atoms with Gasteiger partial charge >= 0.3 is 0 Å². The van der Waals surface area contributed by atoms with E-state index < -0.39 is 6.04 Å². The molecule has 0 bridgehead atoms. The molecule has 35 heavy (non-hydrogen) atoms. The van der Waals surface area contributed by atoms with E-state index in [0.717, 1.165) is 11.4 Å². The first kappa shape index (κ1) is 27.1. The average Bonchev–Trinajstić information content (AvgIpc) is 3.31. The third-order valence-corrected chi connectivity index (χ3v) is 7.69. The van der Waals surface area contributed by atoms with E-state index in [1.54, 1.807) is 4.90 Å². The molecular formula is C28H38ClN3O3. The zero-order chi connectivity index (χ0) is 25.8. The summed E-state index contributed by atoms with van der Waals surface area (Å²) in [5.41, 5.74) is 1.13. The third-order valence-electron chi connectivity index (χ3n) is 7.44. The van der Waals surface area contributed by atoms with Crippen molar-refractivity contribution in [2.75, 3.05) is 26.2 Å². The van der Waals surface area contributed by atoms with Gasteiger partial charge in [0.25, 0.3) is 0 Å². The second-order valence-electron chi connectivity index (χ2n) is 10.9. The van der Waals surface area contributed by atoms with Gasteiger partial charge in [-0.05, 0) is 47.8 Å². The lowest BCUT2D eigenvalue weighted by Crippen LogP contribution is -2.56. The molecule has 1 N–H and O–H groups in total. The van der Waals surface area contributed by atoms with E-state index in [2.05, 4.69) is 37.2 Å². The monoisotopic (exact) mass is 499 g/mol. The van der Waals surface area contributed by atoms with Crippen molar-refractivity contribution in [3.8, 4) is 12.3 Å². The predicted octanol–water partition coefficient (Wildman–Crippen LogP) is 4.08. The van der Waals surface area contributed by atoms with Gasteiger partial charge in [-0.2, -0.15) is 0 Å². The number of nitrogens with one attached hydrogen (secondary N) is 1. The van der Waals surface area contributed by atoms with Crippen LogP contribution in [0.4, 0.5) is 0 Å². The number of hydrogen-bond donors (Lipinski definition) is 1. The van der Waals surface area contributed by atoms with Crippen LogP contribution >= 0.6 is 11.6 Å². The lowest BCUT2D eigenvalue weighted by Gasteiger charge is -2.45. The smallest absolute Gasteiger partial charge is 0.245 e. The van der Waals surface area contributed by atoms with E-state index in [-0.39, 0.29) is 35.0 Å². The van der Waals surface area contributed by atoms with Crippen LogP contribution in [-0.2, 0) is 14.4 Å². The van der Waals surface area contributed by atoms with Gasteiger partial charge in [0, 0.05) is 44.0 Å². The molecule has 3 amide bonds. The van der Waals surface area contributed by atoms with E-state index in [1.807, 2.05) is 30.9 Å². The first-order valence-corrected chi connectivity index (χ1v) is 13.0. The number of likely N-dealkylation sites (tertiary alicyclic amines) is 2. The predicted molar refractivity (Wildman–Crippen MR) is 139 cm³/mol. The molecule has 3 atom stereocenters. The molecule has 2 aliphatic heterocycles. The van der Waals surface area contributed by atoms with Crippen LogP contribution in [0.2, 0.25) is 5.02 Å². The fourth-order valence-corrected chi connectivity index (χ4v) is 5.50. The van der Waals surface area contributed by atoms with Crippen LogP contribution in [0.5, 0.6) is 0 Å². The number of benzene rings is 1. The summed E-state index contributed by atoms with van der Waals surface area (Å²) < 4.78 is 0. The highest BCUT2D eigenvalue weighted by Crippen LogP contribution is 2.42. The van der Waals surface area contributed by atoms with Crippen molar-refractivity contribution in [1.82, 2.24) is 15.1 Å². The van der Waals surface area contributed by atoms with Crippen molar-refractivity contribution in [3.05, 3.63) is 34.9 Å². The van der Waals surface area contributed by atoms with Crippen LogP contribution in [0.3, 0.4) is 0 Å². The van der Waals surface area contributed by atoms with Crippen LogP contribution in [0, 0.1) is 29.6 Å². The lowest BCUT2D eigenvalue weighted by atomic mass is 9.70. The summed E-state index contributed by atoms with van der Waals surface area (Å²) in [4.78, 5) is 42.5. The molecule has 1 aromatic rings. The first-order chi connectivity index (χ1) is 16.5. The molecule has 3 rings (SSSR count). The topological polar surface area (TPSA) is 69.7 Å². The average molecular weight is 500 g/mol. The Kier molecular flexibility index (Phi) is 8.88. The third kappa shape index (κ3) is 6.58. The molecule has 0 aliphatic carbocycles. The number of terminal acetylenes is 1. The number of hydrogen-bond acceptors (Lipinski definition) is 3. The number of carbonyl (C=O) groups excluding carboxylic acids is 3. The van der Waals surface area contributed by atoms with Crippen molar-refractivity contribution < 1.29 is 14.4 Å². The second kappa shape index (κ2) is 11.5. The van der Waals surface area contributed by atoms with Crippen LogP contribution in [0.25, 0.3) is 0 Å². The molecule has 0 spiro atoms. The first-order valence-electron chi connectivity index (χ1n) is 12.6. The van der Waals surface area contributed by atoms with Gasteiger partial charge in [-0.3, -0.25) is 14.4 Å². The normalized spacial score (nSPS) is 22.5. The molecule has 2 aliphatic rings.